The van der Waals surface area contributed by atoms with Gasteiger partial charge in [-0.1, -0.05) is 24.4 Å². The van der Waals surface area contributed by atoms with Crippen molar-refractivity contribution in [2.45, 2.75) is 13.5 Å². The molecule has 1 aromatic carbocycles. The van der Waals surface area contributed by atoms with Gasteiger partial charge >= 0.3 is 0 Å². The quantitative estimate of drug-likeness (QED) is 0.849. The van der Waals surface area contributed by atoms with Crippen molar-refractivity contribution in [1.82, 2.24) is 10.3 Å². The second kappa shape index (κ2) is 6.06. The minimum absolute atomic E-state index is 0.0968. The highest BCUT2D eigenvalue weighted by molar-refractivity contribution is 7.80. The van der Waals surface area contributed by atoms with Crippen LogP contribution in [0.15, 0.2) is 23.7 Å². The van der Waals surface area contributed by atoms with Gasteiger partial charge in [-0.2, -0.15) is 0 Å². The van der Waals surface area contributed by atoms with E-state index in [4.69, 9.17) is 18.0 Å². The SMILES string of the molecule is Cc1ncsc1C(=O)NCc1ccc(C(N)=S)cc1F. The van der Waals surface area contributed by atoms with Crippen molar-refractivity contribution in [3.8, 4) is 0 Å². The van der Waals surface area contributed by atoms with Crippen LogP contribution in [-0.2, 0) is 6.54 Å². The first kappa shape index (κ1) is 14.5. The first-order chi connectivity index (χ1) is 9.49. The normalized spacial score (nSPS) is 10.3. The van der Waals surface area contributed by atoms with Gasteiger partial charge in [-0.25, -0.2) is 9.37 Å². The van der Waals surface area contributed by atoms with Crippen LogP contribution in [0.25, 0.3) is 0 Å². The lowest BCUT2D eigenvalue weighted by atomic mass is 10.1. The Labute approximate surface area is 124 Å². The van der Waals surface area contributed by atoms with E-state index in [1.54, 1.807) is 24.6 Å². The molecule has 1 heterocycles. The Kier molecular flexibility index (Phi) is 4.41. The molecule has 0 spiro atoms. The van der Waals surface area contributed by atoms with Gasteiger partial charge in [0.2, 0.25) is 0 Å². The Morgan fingerprint density at radius 2 is 2.30 bits per heavy atom. The zero-order valence-corrected chi connectivity index (χ0v) is 12.3. The summed E-state index contributed by atoms with van der Waals surface area (Å²) < 4.78 is 13.8. The molecule has 0 aliphatic carbocycles. The standard InChI is InChI=1S/C13H12FN3OS2/c1-7-11(20-6-17-7)13(18)16-5-9-3-2-8(12(15)19)4-10(9)14/h2-4,6H,5H2,1H3,(H2,15,19)(H,16,18). The van der Waals surface area contributed by atoms with Gasteiger partial charge in [0, 0.05) is 17.7 Å². The molecule has 0 fully saturated rings. The summed E-state index contributed by atoms with van der Waals surface area (Å²) in [5.41, 5.74) is 8.53. The number of rotatable bonds is 4. The number of aromatic nitrogens is 1. The van der Waals surface area contributed by atoms with Crippen LogP contribution < -0.4 is 11.1 Å². The highest BCUT2D eigenvalue weighted by Crippen LogP contribution is 2.13. The summed E-state index contributed by atoms with van der Waals surface area (Å²) in [6.07, 6.45) is 0. The lowest BCUT2D eigenvalue weighted by molar-refractivity contribution is 0.0954. The largest absolute Gasteiger partial charge is 0.389 e. The first-order valence-electron chi connectivity index (χ1n) is 5.75. The number of halogens is 1. The molecule has 4 nitrogen and oxygen atoms in total. The predicted octanol–water partition coefficient (Wildman–Crippen LogP) is 2.15. The van der Waals surface area contributed by atoms with E-state index in [2.05, 4.69) is 10.3 Å². The highest BCUT2D eigenvalue weighted by atomic mass is 32.1. The van der Waals surface area contributed by atoms with Crippen LogP contribution in [0.2, 0.25) is 0 Å². The molecule has 2 aromatic rings. The van der Waals surface area contributed by atoms with Crippen LogP contribution in [0.3, 0.4) is 0 Å². The van der Waals surface area contributed by atoms with E-state index in [0.29, 0.717) is 21.7 Å². The van der Waals surface area contributed by atoms with Crippen LogP contribution >= 0.6 is 23.6 Å². The van der Waals surface area contributed by atoms with Crippen molar-refractivity contribution >= 4 is 34.5 Å². The lowest BCUT2D eigenvalue weighted by Gasteiger charge is -2.07. The number of nitrogens with one attached hydrogen (secondary N) is 1. The summed E-state index contributed by atoms with van der Waals surface area (Å²) in [7, 11) is 0. The van der Waals surface area contributed by atoms with Gasteiger partial charge in [0.05, 0.1) is 11.2 Å². The molecule has 104 valence electrons. The number of nitrogens with zero attached hydrogens (tertiary/aromatic N) is 1. The number of thiazole rings is 1. The van der Waals surface area contributed by atoms with Gasteiger partial charge in [-0.3, -0.25) is 4.79 Å². The third-order valence-electron chi connectivity index (χ3n) is 2.73. The Morgan fingerprint density at radius 1 is 1.55 bits per heavy atom. The molecule has 7 heteroatoms. The second-order valence-corrected chi connectivity index (χ2v) is 5.41. The molecule has 0 radical (unpaired) electrons. The summed E-state index contributed by atoms with van der Waals surface area (Å²) in [5, 5.41) is 2.66. The highest BCUT2D eigenvalue weighted by Gasteiger charge is 2.12. The van der Waals surface area contributed by atoms with E-state index in [1.807, 2.05) is 0 Å². The molecule has 2 rings (SSSR count). The summed E-state index contributed by atoms with van der Waals surface area (Å²) in [6.45, 7) is 1.85. The number of thiocarbonyl (C=S) groups is 1. The molecule has 1 aromatic heterocycles. The molecule has 0 aliphatic rings. The lowest BCUT2D eigenvalue weighted by Crippen LogP contribution is -2.23. The van der Waals surface area contributed by atoms with E-state index in [1.165, 1.54) is 17.4 Å². The number of amides is 1. The van der Waals surface area contributed by atoms with Crippen LogP contribution in [0, 0.1) is 12.7 Å². The summed E-state index contributed by atoms with van der Waals surface area (Å²) >= 11 is 6.03. The maximum Gasteiger partial charge on any atom is 0.263 e. The van der Waals surface area contributed by atoms with Crippen molar-refractivity contribution in [3.63, 3.8) is 0 Å². The number of aryl methyl sites for hydroxylation is 1. The van der Waals surface area contributed by atoms with Crippen molar-refractivity contribution in [2.75, 3.05) is 0 Å². The average Bonchev–Trinajstić information content (AvgIpc) is 2.83. The molecule has 0 bridgehead atoms. The Bertz CT molecular complexity index is 669. The maximum absolute atomic E-state index is 13.8. The monoisotopic (exact) mass is 309 g/mol. The fraction of sp³-hybridized carbons (Fsp3) is 0.154. The molecule has 0 saturated carbocycles. The van der Waals surface area contributed by atoms with E-state index >= 15 is 0 Å². The Hall–Kier alpha value is -1.86. The second-order valence-electron chi connectivity index (χ2n) is 4.12. The number of hydrogen-bond acceptors (Lipinski definition) is 4. The number of carbonyl (C=O) groups is 1. The molecule has 1 amide bonds. The Morgan fingerprint density at radius 3 is 2.85 bits per heavy atom. The maximum atomic E-state index is 13.8. The fourth-order valence-corrected chi connectivity index (χ4v) is 2.47. The molecule has 0 atom stereocenters. The zero-order valence-electron chi connectivity index (χ0n) is 10.6. The average molecular weight is 309 g/mol. The first-order valence-corrected chi connectivity index (χ1v) is 7.04. The van der Waals surface area contributed by atoms with E-state index in [9.17, 15) is 9.18 Å². The van der Waals surface area contributed by atoms with E-state index in [0.717, 1.165) is 0 Å². The molecule has 0 unspecified atom stereocenters. The van der Waals surface area contributed by atoms with Crippen LogP contribution in [0.1, 0.15) is 26.5 Å². The summed E-state index contributed by atoms with van der Waals surface area (Å²) in [5.74, 6) is -0.709. The van der Waals surface area contributed by atoms with Gasteiger partial charge < -0.3 is 11.1 Å². The molecule has 0 aliphatic heterocycles. The summed E-state index contributed by atoms with van der Waals surface area (Å²) in [4.78, 5) is 16.6. The number of hydrogen-bond donors (Lipinski definition) is 2. The van der Waals surface area contributed by atoms with Crippen LogP contribution in [-0.4, -0.2) is 15.9 Å². The van der Waals surface area contributed by atoms with Crippen LogP contribution in [0.4, 0.5) is 4.39 Å². The van der Waals surface area contributed by atoms with Gasteiger partial charge in [0.1, 0.15) is 15.7 Å². The van der Waals surface area contributed by atoms with Gasteiger partial charge in [-0.15, -0.1) is 11.3 Å². The topological polar surface area (TPSA) is 68.0 Å². The van der Waals surface area contributed by atoms with Crippen molar-refractivity contribution in [3.05, 3.63) is 51.2 Å². The number of carbonyl (C=O) groups excluding carboxylic acids is 1. The smallest absolute Gasteiger partial charge is 0.263 e. The van der Waals surface area contributed by atoms with Crippen LogP contribution in [0.5, 0.6) is 0 Å². The molecule has 20 heavy (non-hydrogen) atoms. The minimum Gasteiger partial charge on any atom is -0.389 e. The summed E-state index contributed by atoms with van der Waals surface area (Å²) in [6, 6.07) is 4.45. The van der Waals surface area contributed by atoms with E-state index in [-0.39, 0.29) is 17.4 Å². The molecular formula is C13H12FN3OS2. The number of benzene rings is 1. The van der Waals surface area contributed by atoms with Gasteiger partial charge in [0.25, 0.3) is 5.91 Å². The van der Waals surface area contributed by atoms with Crippen molar-refractivity contribution < 1.29 is 9.18 Å². The van der Waals surface area contributed by atoms with E-state index < -0.39 is 5.82 Å². The van der Waals surface area contributed by atoms with Crippen molar-refractivity contribution in [2.24, 2.45) is 5.73 Å². The van der Waals surface area contributed by atoms with Gasteiger partial charge in [-0.05, 0) is 13.0 Å². The third-order valence-corrected chi connectivity index (χ3v) is 3.89. The van der Waals surface area contributed by atoms with Crippen molar-refractivity contribution in [1.29, 1.82) is 0 Å². The third kappa shape index (κ3) is 3.17. The fourth-order valence-electron chi connectivity index (χ4n) is 1.62. The molecule has 0 saturated heterocycles. The molecule has 3 N–H and O–H groups in total. The van der Waals surface area contributed by atoms with Gasteiger partial charge in [0.15, 0.2) is 0 Å². The zero-order chi connectivity index (χ0) is 14.7. The number of nitrogens with two attached hydrogens (primary N) is 1. The molecular weight excluding hydrogens is 297 g/mol. The minimum atomic E-state index is -0.448. The Balaban J connectivity index is 2.06. The predicted molar refractivity (Wildman–Crippen MR) is 80.3 cm³/mol.